The molecule has 0 aliphatic rings. The van der Waals surface area contributed by atoms with E-state index >= 15 is 0 Å². The lowest BCUT2D eigenvalue weighted by atomic mass is 10.1. The predicted molar refractivity (Wildman–Crippen MR) is 119 cm³/mol. The Morgan fingerprint density at radius 1 is 0.879 bits per heavy atom. The van der Waals surface area contributed by atoms with E-state index in [1.165, 1.54) is 47.3 Å². The molecule has 0 saturated heterocycles. The van der Waals surface area contributed by atoms with Crippen molar-refractivity contribution < 1.29 is 38.1 Å². The van der Waals surface area contributed by atoms with Gasteiger partial charge in [0.05, 0.1) is 21.3 Å². The summed E-state index contributed by atoms with van der Waals surface area (Å²) in [5, 5.41) is 5.01. The smallest absolute Gasteiger partial charge is 0.326 e. The summed E-state index contributed by atoms with van der Waals surface area (Å²) >= 11 is 0. The average Bonchev–Trinajstić information content (AvgIpc) is 2.81. The minimum absolute atomic E-state index is 0.0938. The molecule has 33 heavy (non-hydrogen) atoms. The fourth-order valence-electron chi connectivity index (χ4n) is 2.79. The highest BCUT2D eigenvalue weighted by Crippen LogP contribution is 2.38. The number of nitrogens with one attached hydrogen (secondary N) is 2. The predicted octanol–water partition coefficient (Wildman–Crippen LogP) is 2.22. The number of hydrogen-bond donors (Lipinski definition) is 2. The van der Waals surface area contributed by atoms with Crippen LogP contribution in [0.25, 0.3) is 0 Å². The van der Waals surface area contributed by atoms with Crippen LogP contribution in [0.5, 0.6) is 17.2 Å². The molecular formula is C23H26N2O8. The highest BCUT2D eigenvalue weighted by atomic mass is 16.5. The van der Waals surface area contributed by atoms with Gasteiger partial charge in [0.25, 0.3) is 11.8 Å². The first-order valence-corrected chi connectivity index (χ1v) is 9.89. The standard InChI is InChI=1S/C23H26N2O8/c1-13(26)15-6-8-17(9-7-15)25-22(28)14(2)33-20(27)12-24-23(29)16-10-18(30-3)21(32-5)19(11-16)31-4/h6-11,14H,12H2,1-5H3,(H,24,29)(H,25,28). The third-order valence-electron chi connectivity index (χ3n) is 4.56. The van der Waals surface area contributed by atoms with Crippen molar-refractivity contribution in [3.8, 4) is 17.2 Å². The summed E-state index contributed by atoms with van der Waals surface area (Å²) in [5.41, 5.74) is 1.14. The van der Waals surface area contributed by atoms with Crippen molar-refractivity contribution >= 4 is 29.3 Å². The Labute approximate surface area is 191 Å². The number of rotatable bonds is 10. The van der Waals surface area contributed by atoms with E-state index in [1.54, 1.807) is 24.3 Å². The van der Waals surface area contributed by atoms with Gasteiger partial charge in [0.2, 0.25) is 5.75 Å². The van der Waals surface area contributed by atoms with Crippen LogP contribution in [0, 0.1) is 0 Å². The molecule has 2 amide bonds. The number of esters is 1. The van der Waals surface area contributed by atoms with Crippen molar-refractivity contribution in [2.75, 3.05) is 33.2 Å². The van der Waals surface area contributed by atoms with Gasteiger partial charge in [0, 0.05) is 16.8 Å². The van der Waals surface area contributed by atoms with Gasteiger partial charge < -0.3 is 29.6 Å². The number of carbonyl (C=O) groups excluding carboxylic acids is 4. The summed E-state index contributed by atoms with van der Waals surface area (Å²) in [6.45, 7) is 2.38. The molecule has 10 heteroatoms. The molecule has 2 N–H and O–H groups in total. The lowest BCUT2D eigenvalue weighted by Gasteiger charge is -2.15. The summed E-state index contributed by atoms with van der Waals surface area (Å²) < 4.78 is 20.7. The average molecular weight is 458 g/mol. The van der Waals surface area contributed by atoms with Crippen LogP contribution in [0.2, 0.25) is 0 Å². The molecule has 0 spiro atoms. The number of anilines is 1. The molecule has 2 aromatic carbocycles. The molecule has 0 aliphatic carbocycles. The van der Waals surface area contributed by atoms with Crippen molar-refractivity contribution in [1.82, 2.24) is 5.32 Å². The van der Waals surface area contributed by atoms with Crippen molar-refractivity contribution in [2.24, 2.45) is 0 Å². The van der Waals surface area contributed by atoms with E-state index in [4.69, 9.17) is 18.9 Å². The van der Waals surface area contributed by atoms with E-state index in [2.05, 4.69) is 10.6 Å². The van der Waals surface area contributed by atoms with Gasteiger partial charge in [0.1, 0.15) is 6.54 Å². The van der Waals surface area contributed by atoms with Crippen LogP contribution in [-0.2, 0) is 14.3 Å². The van der Waals surface area contributed by atoms with Gasteiger partial charge >= 0.3 is 5.97 Å². The van der Waals surface area contributed by atoms with Crippen molar-refractivity contribution in [3.05, 3.63) is 47.5 Å². The van der Waals surface area contributed by atoms with Gasteiger partial charge in [-0.2, -0.15) is 0 Å². The molecule has 0 aliphatic heterocycles. The number of carbonyl (C=O) groups is 4. The Morgan fingerprint density at radius 3 is 1.94 bits per heavy atom. The Kier molecular flexibility index (Phi) is 8.79. The van der Waals surface area contributed by atoms with Crippen molar-refractivity contribution in [1.29, 1.82) is 0 Å². The van der Waals surface area contributed by atoms with Crippen LogP contribution in [0.3, 0.4) is 0 Å². The van der Waals surface area contributed by atoms with E-state index < -0.39 is 30.4 Å². The van der Waals surface area contributed by atoms with Crippen molar-refractivity contribution in [3.63, 3.8) is 0 Å². The lowest BCUT2D eigenvalue weighted by molar-refractivity contribution is -0.152. The molecule has 0 fully saturated rings. The highest BCUT2D eigenvalue weighted by Gasteiger charge is 2.20. The fourth-order valence-corrected chi connectivity index (χ4v) is 2.79. The number of methoxy groups -OCH3 is 3. The summed E-state index contributed by atoms with van der Waals surface area (Å²) in [6, 6.07) is 9.17. The SMILES string of the molecule is COc1cc(C(=O)NCC(=O)OC(C)C(=O)Nc2ccc(C(C)=O)cc2)cc(OC)c1OC. The second-order valence-electron chi connectivity index (χ2n) is 6.85. The maximum absolute atomic E-state index is 12.4. The van der Waals surface area contributed by atoms with Crippen LogP contribution in [0.4, 0.5) is 5.69 Å². The van der Waals surface area contributed by atoms with Crippen LogP contribution in [-0.4, -0.2) is 57.5 Å². The Balaban J connectivity index is 1.91. The maximum atomic E-state index is 12.4. The van der Waals surface area contributed by atoms with Gasteiger partial charge in [-0.3, -0.25) is 19.2 Å². The summed E-state index contributed by atoms with van der Waals surface area (Å²) in [6.07, 6.45) is -1.11. The Hall–Kier alpha value is -4.08. The number of ether oxygens (including phenoxy) is 4. The minimum atomic E-state index is -1.11. The van der Waals surface area contributed by atoms with E-state index in [1.807, 2.05) is 0 Å². The van der Waals surface area contributed by atoms with Crippen LogP contribution >= 0.6 is 0 Å². The largest absolute Gasteiger partial charge is 0.493 e. The van der Waals surface area contributed by atoms with E-state index in [0.29, 0.717) is 17.0 Å². The molecule has 10 nitrogen and oxygen atoms in total. The van der Waals surface area contributed by atoms with Gasteiger partial charge in [-0.05, 0) is 50.2 Å². The van der Waals surface area contributed by atoms with Gasteiger partial charge in [-0.1, -0.05) is 0 Å². The molecule has 0 radical (unpaired) electrons. The molecular weight excluding hydrogens is 432 g/mol. The highest BCUT2D eigenvalue weighted by molar-refractivity contribution is 5.99. The van der Waals surface area contributed by atoms with E-state index in [9.17, 15) is 19.2 Å². The normalized spacial score (nSPS) is 11.1. The van der Waals surface area contributed by atoms with Crippen LogP contribution in [0.15, 0.2) is 36.4 Å². The molecule has 0 aromatic heterocycles. The van der Waals surface area contributed by atoms with E-state index in [0.717, 1.165) is 0 Å². The molecule has 1 atom stereocenters. The molecule has 2 aromatic rings. The third kappa shape index (κ3) is 6.70. The quantitative estimate of drug-likeness (QED) is 0.410. The molecule has 0 saturated carbocycles. The Morgan fingerprint density at radius 2 is 1.45 bits per heavy atom. The monoisotopic (exact) mass is 458 g/mol. The number of Topliss-reactive ketones (excluding diaryl/α,β-unsaturated/α-hetero) is 1. The molecule has 0 heterocycles. The second-order valence-corrected chi connectivity index (χ2v) is 6.85. The van der Waals surface area contributed by atoms with Crippen LogP contribution < -0.4 is 24.8 Å². The van der Waals surface area contributed by atoms with Crippen molar-refractivity contribution in [2.45, 2.75) is 20.0 Å². The first-order chi connectivity index (χ1) is 15.7. The fraction of sp³-hybridized carbons (Fsp3) is 0.304. The lowest BCUT2D eigenvalue weighted by Crippen LogP contribution is -2.35. The second kappa shape index (κ2) is 11.5. The summed E-state index contributed by atoms with van der Waals surface area (Å²) in [7, 11) is 4.27. The zero-order valence-electron chi connectivity index (χ0n) is 19.0. The number of hydrogen-bond acceptors (Lipinski definition) is 8. The van der Waals surface area contributed by atoms with E-state index in [-0.39, 0.29) is 22.8 Å². The molecule has 2 rings (SSSR count). The van der Waals surface area contributed by atoms with Crippen LogP contribution in [0.1, 0.15) is 34.6 Å². The first-order valence-electron chi connectivity index (χ1n) is 9.89. The molecule has 176 valence electrons. The summed E-state index contributed by atoms with van der Waals surface area (Å²) in [5.74, 6) is -1.14. The molecule has 0 bridgehead atoms. The third-order valence-corrected chi connectivity index (χ3v) is 4.56. The number of amides is 2. The van der Waals surface area contributed by atoms with Gasteiger partial charge in [-0.15, -0.1) is 0 Å². The van der Waals surface area contributed by atoms with Gasteiger partial charge in [0.15, 0.2) is 23.4 Å². The number of ketones is 1. The van der Waals surface area contributed by atoms with Gasteiger partial charge in [-0.25, -0.2) is 0 Å². The maximum Gasteiger partial charge on any atom is 0.326 e. The number of benzene rings is 2. The minimum Gasteiger partial charge on any atom is -0.493 e. The zero-order chi connectivity index (χ0) is 24.5. The first kappa shape index (κ1) is 25.2. The summed E-state index contributed by atoms with van der Waals surface area (Å²) in [4.78, 5) is 48.1. The molecule has 1 unspecified atom stereocenters. The topological polar surface area (TPSA) is 129 Å². The Bertz CT molecular complexity index is 1010. The zero-order valence-corrected chi connectivity index (χ0v) is 19.0.